The topological polar surface area (TPSA) is 76.5 Å². The lowest BCUT2D eigenvalue weighted by atomic mass is 10.1. The van der Waals surface area contributed by atoms with Crippen LogP contribution < -0.4 is 15.0 Å². The van der Waals surface area contributed by atoms with Gasteiger partial charge in [0.15, 0.2) is 5.69 Å². The molecule has 0 saturated carbocycles. The summed E-state index contributed by atoms with van der Waals surface area (Å²) in [6, 6.07) is 10.6. The van der Waals surface area contributed by atoms with Crippen LogP contribution in [0.25, 0.3) is 0 Å². The quantitative estimate of drug-likeness (QED) is 0.599. The van der Waals surface area contributed by atoms with Gasteiger partial charge in [0.25, 0.3) is 11.8 Å². The Morgan fingerprint density at radius 3 is 2.33 bits per heavy atom. The van der Waals surface area contributed by atoms with Crippen LogP contribution in [0, 0.1) is 0 Å². The molecule has 174 valence electrons. The number of hydrogen-bond acceptors (Lipinski definition) is 4. The van der Waals surface area contributed by atoms with Gasteiger partial charge < -0.3 is 15.0 Å². The fourth-order valence-corrected chi connectivity index (χ4v) is 3.54. The van der Waals surface area contributed by atoms with Gasteiger partial charge in [-0.15, -0.1) is 0 Å². The molecule has 2 heterocycles. The molecular weight excluding hydrogens is 457 g/mol. The molecule has 0 fully saturated rings. The van der Waals surface area contributed by atoms with Crippen LogP contribution in [0.4, 0.5) is 24.5 Å². The van der Waals surface area contributed by atoms with E-state index in [1.807, 2.05) is 6.92 Å². The standard InChI is InChI=1S/C22H19F3N4O3.H2S/c1-13-12-28(16-7-5-15(6-8-16)22(23,24)25)21(31)19-18(11-26-29(13)19)27-20(30)14-3-9-17(32-2)10-4-14;/h3-11,13H,12H2,1-2H3,(H,27,30);1H2/t13-;/m0./s1. The van der Waals surface area contributed by atoms with Crippen LogP contribution in [-0.2, 0) is 6.18 Å². The highest BCUT2D eigenvalue weighted by atomic mass is 32.1. The molecule has 0 unspecified atom stereocenters. The monoisotopic (exact) mass is 478 g/mol. The van der Waals surface area contributed by atoms with Crippen LogP contribution in [0.1, 0.15) is 39.4 Å². The maximum Gasteiger partial charge on any atom is 0.416 e. The highest BCUT2D eigenvalue weighted by Gasteiger charge is 2.35. The predicted octanol–water partition coefficient (Wildman–Crippen LogP) is 4.50. The maximum absolute atomic E-state index is 13.2. The second-order valence-electron chi connectivity index (χ2n) is 7.34. The van der Waals surface area contributed by atoms with Crippen molar-refractivity contribution in [1.29, 1.82) is 0 Å². The second-order valence-corrected chi connectivity index (χ2v) is 7.34. The molecule has 11 heteroatoms. The van der Waals surface area contributed by atoms with Crippen LogP contribution >= 0.6 is 13.5 Å². The van der Waals surface area contributed by atoms with Crippen LogP contribution in [0.5, 0.6) is 5.75 Å². The number of anilines is 2. The third kappa shape index (κ3) is 4.68. The Morgan fingerprint density at radius 2 is 1.76 bits per heavy atom. The maximum atomic E-state index is 13.2. The van der Waals surface area contributed by atoms with E-state index in [-0.39, 0.29) is 37.5 Å². The number of rotatable bonds is 4. The van der Waals surface area contributed by atoms with Gasteiger partial charge >= 0.3 is 6.18 Å². The number of carbonyl (C=O) groups excluding carboxylic acids is 2. The summed E-state index contributed by atoms with van der Waals surface area (Å²) in [6.45, 7) is 2.06. The van der Waals surface area contributed by atoms with Crippen molar-refractivity contribution < 1.29 is 27.5 Å². The number of ether oxygens (including phenoxy) is 1. The zero-order chi connectivity index (χ0) is 23.0. The number of benzene rings is 2. The molecule has 1 N–H and O–H groups in total. The van der Waals surface area contributed by atoms with Crippen molar-refractivity contribution in [2.45, 2.75) is 19.1 Å². The summed E-state index contributed by atoms with van der Waals surface area (Å²) < 4.78 is 45.2. The molecule has 0 bridgehead atoms. The third-order valence-electron chi connectivity index (χ3n) is 5.21. The van der Waals surface area contributed by atoms with Gasteiger partial charge in [-0.3, -0.25) is 14.3 Å². The van der Waals surface area contributed by atoms with E-state index < -0.39 is 23.6 Å². The lowest BCUT2D eigenvalue weighted by Gasteiger charge is -2.32. The number of aromatic nitrogens is 2. The van der Waals surface area contributed by atoms with E-state index in [2.05, 4.69) is 10.4 Å². The molecule has 1 aliphatic heterocycles. The Hall–Kier alpha value is -3.47. The molecule has 1 aromatic heterocycles. The number of fused-ring (bicyclic) bond motifs is 1. The predicted molar refractivity (Wildman–Crippen MR) is 121 cm³/mol. The molecule has 4 rings (SSSR count). The smallest absolute Gasteiger partial charge is 0.416 e. The minimum atomic E-state index is -4.46. The largest absolute Gasteiger partial charge is 0.497 e. The highest BCUT2D eigenvalue weighted by Crippen LogP contribution is 2.33. The normalized spacial score (nSPS) is 15.5. The fourth-order valence-electron chi connectivity index (χ4n) is 3.54. The molecule has 33 heavy (non-hydrogen) atoms. The first-order chi connectivity index (χ1) is 15.2. The number of methoxy groups -OCH3 is 1. The zero-order valence-electron chi connectivity index (χ0n) is 17.7. The highest BCUT2D eigenvalue weighted by molar-refractivity contribution is 7.59. The molecule has 3 aromatic rings. The molecule has 2 aromatic carbocycles. The van der Waals surface area contributed by atoms with Crippen LogP contribution in [-0.4, -0.2) is 35.2 Å². The van der Waals surface area contributed by atoms with E-state index in [9.17, 15) is 22.8 Å². The molecular formula is C22H21F3N4O3S. The second kappa shape index (κ2) is 9.18. The molecule has 1 aliphatic rings. The number of nitrogens with zero attached hydrogens (tertiary/aromatic N) is 3. The summed E-state index contributed by atoms with van der Waals surface area (Å²) >= 11 is 0. The van der Waals surface area contributed by atoms with Crippen molar-refractivity contribution >= 4 is 36.7 Å². The van der Waals surface area contributed by atoms with Gasteiger partial charge in [0.2, 0.25) is 0 Å². The van der Waals surface area contributed by atoms with Gasteiger partial charge in [-0.1, -0.05) is 0 Å². The molecule has 2 amide bonds. The number of halogens is 3. The average Bonchev–Trinajstić information content (AvgIpc) is 3.20. The van der Waals surface area contributed by atoms with Crippen molar-refractivity contribution in [3.63, 3.8) is 0 Å². The lowest BCUT2D eigenvalue weighted by Crippen LogP contribution is -2.43. The van der Waals surface area contributed by atoms with Crippen LogP contribution in [0.2, 0.25) is 0 Å². The molecule has 1 atom stereocenters. The van der Waals surface area contributed by atoms with Gasteiger partial charge in [0.1, 0.15) is 5.75 Å². The van der Waals surface area contributed by atoms with Gasteiger partial charge in [-0.05, 0) is 55.5 Å². The molecule has 0 radical (unpaired) electrons. The first kappa shape index (κ1) is 24.2. The Morgan fingerprint density at radius 1 is 1.12 bits per heavy atom. The average molecular weight is 478 g/mol. The van der Waals surface area contributed by atoms with Gasteiger partial charge in [-0.2, -0.15) is 31.8 Å². The van der Waals surface area contributed by atoms with E-state index in [0.29, 0.717) is 17.0 Å². The Labute approximate surface area is 194 Å². The van der Waals surface area contributed by atoms with Crippen molar-refractivity contribution in [1.82, 2.24) is 9.78 Å². The van der Waals surface area contributed by atoms with E-state index in [0.717, 1.165) is 12.1 Å². The minimum absolute atomic E-state index is 0. The van der Waals surface area contributed by atoms with E-state index >= 15 is 0 Å². The van der Waals surface area contributed by atoms with E-state index in [1.54, 1.807) is 24.3 Å². The SMILES string of the molecule is COc1ccc(C(=O)Nc2cnn3c2C(=O)N(c2ccc(C(F)(F)F)cc2)C[C@@H]3C)cc1.S. The molecule has 0 spiro atoms. The van der Waals surface area contributed by atoms with Crippen molar-refractivity contribution in [3.8, 4) is 5.75 Å². The molecule has 0 aliphatic carbocycles. The first-order valence-electron chi connectivity index (χ1n) is 9.71. The van der Waals surface area contributed by atoms with Gasteiger partial charge in [-0.25, -0.2) is 0 Å². The fraction of sp³-hybridized carbons (Fsp3) is 0.227. The van der Waals surface area contributed by atoms with Crippen molar-refractivity contribution in [2.24, 2.45) is 0 Å². The number of alkyl halides is 3. The Kier molecular flexibility index (Phi) is 6.73. The number of amides is 2. The summed E-state index contributed by atoms with van der Waals surface area (Å²) in [5.74, 6) is -0.304. The van der Waals surface area contributed by atoms with Crippen LogP contribution in [0.3, 0.4) is 0 Å². The third-order valence-corrected chi connectivity index (χ3v) is 5.21. The summed E-state index contributed by atoms with van der Waals surface area (Å²) in [6.07, 6.45) is -3.07. The number of nitrogens with one attached hydrogen (secondary N) is 1. The lowest BCUT2D eigenvalue weighted by molar-refractivity contribution is -0.137. The van der Waals surface area contributed by atoms with Gasteiger partial charge in [0, 0.05) is 17.8 Å². The van der Waals surface area contributed by atoms with Crippen molar-refractivity contribution in [2.75, 3.05) is 23.9 Å². The Bertz CT molecular complexity index is 1160. The minimum Gasteiger partial charge on any atom is -0.497 e. The summed E-state index contributed by atoms with van der Waals surface area (Å²) in [5.41, 5.74) is 0.275. The van der Waals surface area contributed by atoms with E-state index in [1.165, 1.54) is 35.0 Å². The Balaban J connectivity index is 0.00000306. The van der Waals surface area contributed by atoms with Crippen molar-refractivity contribution in [3.05, 3.63) is 71.5 Å². The number of carbonyl (C=O) groups is 2. The van der Waals surface area contributed by atoms with Gasteiger partial charge in [0.05, 0.1) is 30.6 Å². The summed E-state index contributed by atoms with van der Waals surface area (Å²) in [5, 5.41) is 6.92. The zero-order valence-corrected chi connectivity index (χ0v) is 18.7. The molecule has 0 saturated heterocycles. The summed E-state index contributed by atoms with van der Waals surface area (Å²) in [7, 11) is 1.52. The number of hydrogen-bond donors (Lipinski definition) is 1. The van der Waals surface area contributed by atoms with E-state index in [4.69, 9.17) is 4.74 Å². The molecule has 7 nitrogen and oxygen atoms in total. The van der Waals surface area contributed by atoms with Crippen LogP contribution in [0.15, 0.2) is 54.7 Å². The first-order valence-corrected chi connectivity index (χ1v) is 9.71. The summed E-state index contributed by atoms with van der Waals surface area (Å²) in [4.78, 5) is 27.2.